The van der Waals surface area contributed by atoms with E-state index in [4.69, 9.17) is 5.73 Å². The van der Waals surface area contributed by atoms with Gasteiger partial charge in [0, 0.05) is 6.92 Å². The third kappa shape index (κ3) is 0.790. The predicted octanol–water partition coefficient (Wildman–Crippen LogP) is -1.07. The van der Waals surface area contributed by atoms with E-state index in [9.17, 15) is 9.70 Å². The smallest absolute Gasteiger partial charge is 0.331 e. The monoisotopic (exact) mass is 144 g/mol. The van der Waals surface area contributed by atoms with Gasteiger partial charge in [-0.15, -0.1) is 0 Å². The molecule has 0 aromatic carbocycles. The zero-order valence-electron chi connectivity index (χ0n) is 5.25. The largest absolute Gasteiger partial charge is 0.362 e. The highest BCUT2D eigenvalue weighted by Crippen LogP contribution is 1.93. The first-order chi connectivity index (χ1) is 4.63. The summed E-state index contributed by atoms with van der Waals surface area (Å²) >= 11 is 0. The molecule has 0 aliphatic rings. The highest BCUT2D eigenvalue weighted by Gasteiger charge is 2.21. The lowest BCUT2D eigenvalue weighted by molar-refractivity contribution is -0.714. The molecule has 6 heteroatoms. The number of carbonyl (C=O) groups is 1. The van der Waals surface area contributed by atoms with Gasteiger partial charge >= 0.3 is 11.6 Å². The molecule has 54 valence electrons. The number of aromatic nitrogens is 2. The molecule has 0 atom stereocenters. The van der Waals surface area contributed by atoms with Gasteiger partial charge in [-0.05, 0) is 4.91 Å². The van der Waals surface area contributed by atoms with E-state index in [0.29, 0.717) is 5.69 Å². The van der Waals surface area contributed by atoms with Crippen molar-refractivity contribution in [2.75, 3.05) is 0 Å². The van der Waals surface area contributed by atoms with E-state index in [1.165, 1.54) is 6.92 Å². The first-order valence-corrected chi connectivity index (χ1v) is 2.54. The number of aromatic amines is 1. The van der Waals surface area contributed by atoms with Crippen LogP contribution >= 0.6 is 0 Å². The van der Waals surface area contributed by atoms with Crippen LogP contribution in [0.3, 0.4) is 0 Å². The van der Waals surface area contributed by atoms with Crippen LogP contribution in [0, 0.1) is 11.8 Å². The number of hydrogen-bond donors (Lipinski definition) is 2. The van der Waals surface area contributed by atoms with Crippen molar-refractivity contribution < 1.29 is 14.0 Å². The molecule has 0 aliphatic carbocycles. The molecular weight excluding hydrogens is 138 g/mol. The number of primary amides is 1. The Hall–Kier alpha value is -1.59. The van der Waals surface area contributed by atoms with Crippen molar-refractivity contribution in [2.24, 2.45) is 5.73 Å². The Morgan fingerprint density at radius 3 is 2.60 bits per heavy atom. The highest BCUT2D eigenvalue weighted by atomic mass is 16.7. The average Bonchev–Trinajstić information content (AvgIpc) is 2.11. The van der Waals surface area contributed by atoms with Gasteiger partial charge in [-0.2, -0.15) is 0 Å². The summed E-state index contributed by atoms with van der Waals surface area (Å²) < 4.78 is 4.23. The molecular formula is C4H6N3O3+. The van der Waals surface area contributed by atoms with E-state index < -0.39 is 5.91 Å². The summed E-state index contributed by atoms with van der Waals surface area (Å²) in [5, 5.41) is 2.19. The fourth-order valence-corrected chi connectivity index (χ4v) is 0.616. The standard InChI is InChI=1S/C4H5N3O3/c1-2-3(4(5)8)7(9)10-6-2/h1H3,(H2-,5,6,8,9)/p+1. The molecule has 0 saturated heterocycles. The summed E-state index contributed by atoms with van der Waals surface area (Å²) in [7, 11) is 0. The molecule has 0 unspecified atom stereocenters. The van der Waals surface area contributed by atoms with Crippen LogP contribution in [0.5, 0.6) is 0 Å². The fraction of sp³-hybridized carbons (Fsp3) is 0.250. The van der Waals surface area contributed by atoms with Gasteiger partial charge in [0.2, 0.25) is 0 Å². The number of hydrogen-bond acceptors (Lipinski definition) is 3. The molecule has 0 aliphatic heterocycles. The average molecular weight is 144 g/mol. The van der Waals surface area contributed by atoms with Crippen molar-refractivity contribution in [2.45, 2.75) is 6.92 Å². The number of nitrogens with two attached hydrogens (primary N) is 1. The van der Waals surface area contributed by atoms with Crippen LogP contribution < -0.4 is 10.3 Å². The van der Waals surface area contributed by atoms with Gasteiger partial charge in [0.1, 0.15) is 0 Å². The number of carbonyl (C=O) groups excluding carboxylic acids is 1. The lowest BCUT2D eigenvalue weighted by atomic mass is 10.3. The second-order valence-corrected chi connectivity index (χ2v) is 1.79. The third-order valence-corrected chi connectivity index (χ3v) is 1.05. The Kier molecular flexibility index (Phi) is 1.29. The van der Waals surface area contributed by atoms with Crippen molar-refractivity contribution in [3.63, 3.8) is 0 Å². The van der Waals surface area contributed by atoms with Gasteiger partial charge in [0.05, 0.1) is 0 Å². The summed E-state index contributed by atoms with van der Waals surface area (Å²) in [6, 6.07) is 0. The Balaban J connectivity index is 3.37. The van der Waals surface area contributed by atoms with Gasteiger partial charge in [-0.3, -0.25) is 4.79 Å². The zero-order valence-corrected chi connectivity index (χ0v) is 5.25. The maximum absolute atomic E-state index is 10.5. The van der Waals surface area contributed by atoms with Gasteiger partial charge in [-0.25, -0.2) is 0 Å². The Labute approximate surface area is 55.2 Å². The molecule has 0 spiro atoms. The summed E-state index contributed by atoms with van der Waals surface area (Å²) in [4.78, 5) is 20.9. The molecule has 0 saturated carbocycles. The van der Waals surface area contributed by atoms with Gasteiger partial charge in [-0.1, -0.05) is 9.79 Å². The molecule has 3 N–H and O–H groups in total. The molecule has 10 heavy (non-hydrogen) atoms. The van der Waals surface area contributed by atoms with Crippen LogP contribution in [0.4, 0.5) is 0 Å². The molecule has 1 aromatic heterocycles. The summed E-state index contributed by atoms with van der Waals surface area (Å²) in [5.74, 6) is -0.808. The first-order valence-electron chi connectivity index (χ1n) is 2.54. The minimum atomic E-state index is -0.808. The summed E-state index contributed by atoms with van der Waals surface area (Å²) in [5.41, 5.74) is 4.95. The van der Waals surface area contributed by atoms with Crippen LogP contribution in [-0.2, 0) is 0 Å². The molecule has 1 amide bonds. The quantitative estimate of drug-likeness (QED) is 0.525. The minimum Gasteiger partial charge on any atom is -0.362 e. The fourth-order valence-electron chi connectivity index (χ4n) is 0.616. The molecule has 0 bridgehead atoms. The second-order valence-electron chi connectivity index (χ2n) is 1.79. The molecule has 1 aromatic rings. The van der Waals surface area contributed by atoms with Crippen molar-refractivity contribution in [3.05, 3.63) is 16.3 Å². The topological polar surface area (TPSA) is 95.0 Å². The number of aryl methyl sites for hydroxylation is 1. The number of nitrogens with zero attached hydrogens (tertiary/aromatic N) is 1. The third-order valence-electron chi connectivity index (χ3n) is 1.05. The summed E-state index contributed by atoms with van der Waals surface area (Å²) in [6.45, 7) is 1.51. The SMILES string of the molecule is Cc1[nH]o[n+](=O)c1C(N)=O. The maximum atomic E-state index is 10.5. The van der Waals surface area contributed by atoms with E-state index in [-0.39, 0.29) is 10.3 Å². The van der Waals surface area contributed by atoms with E-state index in [1.54, 1.807) is 0 Å². The molecule has 6 nitrogen and oxygen atoms in total. The minimum absolute atomic E-state index is 0.0394. The molecule has 1 rings (SSSR count). The molecule has 0 fully saturated rings. The maximum Gasteiger partial charge on any atom is 0.331 e. The van der Waals surface area contributed by atoms with E-state index in [2.05, 4.69) is 9.79 Å². The first kappa shape index (κ1) is 6.53. The van der Waals surface area contributed by atoms with Crippen LogP contribution in [0.1, 0.15) is 16.2 Å². The number of H-pyrrole nitrogens is 1. The Morgan fingerprint density at radius 2 is 2.40 bits per heavy atom. The van der Waals surface area contributed by atoms with E-state index in [1.807, 2.05) is 0 Å². The Bertz CT molecular complexity index is 310. The molecule has 0 radical (unpaired) electrons. The lowest BCUT2D eigenvalue weighted by Crippen LogP contribution is -2.26. The van der Waals surface area contributed by atoms with E-state index >= 15 is 0 Å². The lowest BCUT2D eigenvalue weighted by Gasteiger charge is -1.75. The number of rotatable bonds is 1. The van der Waals surface area contributed by atoms with Crippen LogP contribution in [0.2, 0.25) is 0 Å². The van der Waals surface area contributed by atoms with Crippen LogP contribution in [0.25, 0.3) is 0 Å². The normalized spacial score (nSPS) is 9.70. The number of amides is 1. The van der Waals surface area contributed by atoms with Crippen LogP contribution in [-0.4, -0.2) is 11.1 Å². The second kappa shape index (κ2) is 1.98. The highest BCUT2D eigenvalue weighted by molar-refractivity contribution is 5.90. The number of nitrogens with one attached hydrogen (secondary N) is 1. The van der Waals surface area contributed by atoms with Crippen molar-refractivity contribution in [3.8, 4) is 0 Å². The van der Waals surface area contributed by atoms with Gasteiger partial charge < -0.3 is 5.73 Å². The van der Waals surface area contributed by atoms with Crippen molar-refractivity contribution in [1.82, 2.24) is 5.16 Å². The Morgan fingerprint density at radius 1 is 1.80 bits per heavy atom. The van der Waals surface area contributed by atoms with Gasteiger partial charge in [0.15, 0.2) is 10.3 Å². The van der Waals surface area contributed by atoms with Gasteiger partial charge in [0.25, 0.3) is 0 Å². The zero-order chi connectivity index (χ0) is 7.72. The van der Waals surface area contributed by atoms with Crippen molar-refractivity contribution in [1.29, 1.82) is 0 Å². The van der Waals surface area contributed by atoms with E-state index in [0.717, 1.165) is 0 Å². The van der Waals surface area contributed by atoms with Crippen molar-refractivity contribution >= 4 is 5.91 Å². The summed E-state index contributed by atoms with van der Waals surface area (Å²) in [6.07, 6.45) is 0. The van der Waals surface area contributed by atoms with Crippen LogP contribution in [0.15, 0.2) is 4.63 Å². The predicted molar refractivity (Wildman–Crippen MR) is 29.7 cm³/mol. The molecule has 1 heterocycles.